The van der Waals surface area contributed by atoms with Crippen LogP contribution in [-0.2, 0) is 24.3 Å². The molecule has 0 fully saturated rings. The van der Waals surface area contributed by atoms with Crippen LogP contribution in [0.15, 0.2) is 22.7 Å². The van der Waals surface area contributed by atoms with Crippen LogP contribution in [0.1, 0.15) is 11.3 Å². The zero-order chi connectivity index (χ0) is 12.7. The minimum absolute atomic E-state index is 0. The van der Waals surface area contributed by atoms with E-state index in [2.05, 4.69) is 27.3 Å². The van der Waals surface area contributed by atoms with E-state index in [0.29, 0.717) is 0 Å². The number of carbonyl (C=O) groups is 1. The lowest BCUT2D eigenvalue weighted by molar-refractivity contribution is -0.137. The van der Waals surface area contributed by atoms with Crippen molar-refractivity contribution in [2.75, 3.05) is 6.54 Å². The van der Waals surface area contributed by atoms with Gasteiger partial charge in [0.15, 0.2) is 0 Å². The molecule has 6 heteroatoms. The SMILES string of the molecule is Cl.O=C(O)Cn1c2c(c3cc(Br)ccc31)CNCC2. The highest BCUT2D eigenvalue weighted by molar-refractivity contribution is 9.10. The first kappa shape index (κ1) is 14.4. The Morgan fingerprint density at radius 2 is 2.26 bits per heavy atom. The molecular formula is C13H14BrClN2O2. The molecule has 2 heterocycles. The second kappa shape index (κ2) is 5.53. The summed E-state index contributed by atoms with van der Waals surface area (Å²) >= 11 is 3.47. The Hall–Kier alpha value is -1.04. The Kier molecular flexibility index (Phi) is 4.18. The number of halogens is 2. The van der Waals surface area contributed by atoms with Crippen LogP contribution in [-0.4, -0.2) is 22.2 Å². The maximum Gasteiger partial charge on any atom is 0.323 e. The van der Waals surface area contributed by atoms with Gasteiger partial charge in [0, 0.05) is 40.6 Å². The van der Waals surface area contributed by atoms with Crippen LogP contribution in [0.3, 0.4) is 0 Å². The van der Waals surface area contributed by atoms with Gasteiger partial charge in [0.25, 0.3) is 0 Å². The average molecular weight is 346 g/mol. The Labute approximate surface area is 125 Å². The van der Waals surface area contributed by atoms with Gasteiger partial charge in [-0.05, 0) is 23.8 Å². The summed E-state index contributed by atoms with van der Waals surface area (Å²) in [5.41, 5.74) is 3.40. The van der Waals surface area contributed by atoms with Gasteiger partial charge in [-0.2, -0.15) is 0 Å². The first-order valence-electron chi connectivity index (χ1n) is 5.89. The van der Waals surface area contributed by atoms with Crippen LogP contribution in [0.5, 0.6) is 0 Å². The van der Waals surface area contributed by atoms with E-state index in [9.17, 15) is 4.79 Å². The van der Waals surface area contributed by atoms with Crippen LogP contribution >= 0.6 is 28.3 Å². The van der Waals surface area contributed by atoms with E-state index in [4.69, 9.17) is 5.11 Å². The van der Waals surface area contributed by atoms with Gasteiger partial charge in [-0.15, -0.1) is 12.4 Å². The third kappa shape index (κ3) is 2.50. The first-order chi connectivity index (χ1) is 8.66. The van der Waals surface area contributed by atoms with Crippen LogP contribution < -0.4 is 5.32 Å². The van der Waals surface area contributed by atoms with Crippen molar-refractivity contribution in [3.05, 3.63) is 33.9 Å². The summed E-state index contributed by atoms with van der Waals surface area (Å²) in [6.45, 7) is 1.76. The van der Waals surface area contributed by atoms with Crippen LogP contribution in [0.4, 0.5) is 0 Å². The number of fused-ring (bicyclic) bond motifs is 3. The maximum atomic E-state index is 11.0. The molecule has 1 aliphatic heterocycles. The number of aromatic nitrogens is 1. The van der Waals surface area contributed by atoms with Crippen molar-refractivity contribution in [3.63, 3.8) is 0 Å². The molecule has 0 saturated carbocycles. The van der Waals surface area contributed by atoms with Crippen molar-refractivity contribution in [1.82, 2.24) is 9.88 Å². The fourth-order valence-electron chi connectivity index (χ4n) is 2.67. The van der Waals surface area contributed by atoms with E-state index in [1.807, 2.05) is 16.7 Å². The van der Waals surface area contributed by atoms with E-state index in [1.165, 1.54) is 5.56 Å². The van der Waals surface area contributed by atoms with E-state index in [1.54, 1.807) is 0 Å². The van der Waals surface area contributed by atoms with Gasteiger partial charge in [-0.25, -0.2) is 0 Å². The highest BCUT2D eigenvalue weighted by Crippen LogP contribution is 2.30. The lowest BCUT2D eigenvalue weighted by Gasteiger charge is -2.16. The smallest absolute Gasteiger partial charge is 0.323 e. The van der Waals surface area contributed by atoms with Crippen molar-refractivity contribution in [3.8, 4) is 0 Å². The molecule has 4 nitrogen and oxygen atoms in total. The quantitative estimate of drug-likeness (QED) is 0.879. The summed E-state index contributed by atoms with van der Waals surface area (Å²) in [4.78, 5) is 11.0. The fraction of sp³-hybridized carbons (Fsp3) is 0.308. The van der Waals surface area contributed by atoms with Crippen molar-refractivity contribution >= 4 is 45.2 Å². The third-order valence-corrected chi connectivity index (χ3v) is 3.88. The molecule has 1 aromatic carbocycles. The topological polar surface area (TPSA) is 54.3 Å². The third-order valence-electron chi connectivity index (χ3n) is 3.38. The predicted octanol–water partition coefficient (Wildman–Crippen LogP) is 2.56. The van der Waals surface area contributed by atoms with Crippen molar-refractivity contribution in [2.24, 2.45) is 0 Å². The van der Waals surface area contributed by atoms with Gasteiger partial charge in [0.2, 0.25) is 0 Å². The molecule has 2 aromatic rings. The van der Waals surface area contributed by atoms with Crippen molar-refractivity contribution < 1.29 is 9.90 Å². The fourth-order valence-corrected chi connectivity index (χ4v) is 3.03. The molecule has 0 radical (unpaired) electrons. The van der Waals surface area contributed by atoms with Crippen molar-refractivity contribution in [1.29, 1.82) is 0 Å². The number of carboxylic acids is 1. The second-order valence-electron chi connectivity index (χ2n) is 4.49. The monoisotopic (exact) mass is 344 g/mol. The Balaban J connectivity index is 0.00000133. The molecule has 0 bridgehead atoms. The molecule has 0 amide bonds. The lowest BCUT2D eigenvalue weighted by atomic mass is 10.1. The molecular weight excluding hydrogens is 332 g/mol. The van der Waals surface area contributed by atoms with Gasteiger partial charge < -0.3 is 15.0 Å². The zero-order valence-electron chi connectivity index (χ0n) is 10.1. The van der Waals surface area contributed by atoms with E-state index < -0.39 is 5.97 Å². The normalized spacial score (nSPS) is 13.9. The number of rotatable bonds is 2. The molecule has 3 rings (SSSR count). The molecule has 102 valence electrons. The Morgan fingerprint density at radius 1 is 1.47 bits per heavy atom. The number of benzene rings is 1. The number of hydrogen-bond donors (Lipinski definition) is 2. The molecule has 0 aliphatic carbocycles. The standard InChI is InChI=1S/C13H13BrN2O2.ClH/c14-8-1-2-11-9(5-8)10-6-15-4-3-12(10)16(11)7-13(17)18;/h1-2,5,15H,3-4,6-7H2,(H,17,18);1H. The molecule has 1 aliphatic rings. The number of carboxylic acid groups (broad SMARTS) is 1. The largest absolute Gasteiger partial charge is 0.480 e. The molecule has 2 N–H and O–H groups in total. The van der Waals surface area contributed by atoms with E-state index in [-0.39, 0.29) is 19.0 Å². The van der Waals surface area contributed by atoms with Gasteiger partial charge in [0.05, 0.1) is 0 Å². The minimum Gasteiger partial charge on any atom is -0.480 e. The molecule has 0 atom stereocenters. The Morgan fingerprint density at radius 3 is 3.00 bits per heavy atom. The second-order valence-corrected chi connectivity index (χ2v) is 5.41. The van der Waals surface area contributed by atoms with E-state index in [0.717, 1.165) is 40.6 Å². The predicted molar refractivity (Wildman–Crippen MR) is 79.9 cm³/mol. The highest BCUT2D eigenvalue weighted by Gasteiger charge is 2.20. The van der Waals surface area contributed by atoms with Crippen LogP contribution in [0.25, 0.3) is 10.9 Å². The van der Waals surface area contributed by atoms with E-state index >= 15 is 0 Å². The van der Waals surface area contributed by atoms with Crippen LogP contribution in [0, 0.1) is 0 Å². The number of aliphatic carboxylic acids is 1. The number of hydrogen-bond acceptors (Lipinski definition) is 2. The first-order valence-corrected chi connectivity index (χ1v) is 6.68. The van der Waals surface area contributed by atoms with Gasteiger partial charge in [0.1, 0.15) is 6.54 Å². The van der Waals surface area contributed by atoms with Gasteiger partial charge in [-0.3, -0.25) is 4.79 Å². The summed E-state index contributed by atoms with van der Waals surface area (Å²) in [5, 5.41) is 13.5. The summed E-state index contributed by atoms with van der Waals surface area (Å²) in [6, 6.07) is 6.01. The molecule has 0 unspecified atom stereocenters. The van der Waals surface area contributed by atoms with Crippen LogP contribution in [0.2, 0.25) is 0 Å². The highest BCUT2D eigenvalue weighted by atomic mass is 79.9. The summed E-state index contributed by atoms with van der Waals surface area (Å²) in [5.74, 6) is -0.795. The number of nitrogens with zero attached hydrogens (tertiary/aromatic N) is 1. The van der Waals surface area contributed by atoms with Gasteiger partial charge in [-0.1, -0.05) is 15.9 Å². The Bertz CT molecular complexity index is 639. The zero-order valence-corrected chi connectivity index (χ0v) is 12.6. The summed E-state index contributed by atoms with van der Waals surface area (Å²) < 4.78 is 2.95. The lowest BCUT2D eigenvalue weighted by Crippen LogP contribution is -2.25. The minimum atomic E-state index is -0.795. The molecule has 19 heavy (non-hydrogen) atoms. The molecule has 1 aromatic heterocycles. The summed E-state index contributed by atoms with van der Waals surface area (Å²) in [6.07, 6.45) is 0.884. The molecule has 0 saturated heterocycles. The van der Waals surface area contributed by atoms with Crippen molar-refractivity contribution in [2.45, 2.75) is 19.5 Å². The average Bonchev–Trinajstić information content (AvgIpc) is 2.64. The summed E-state index contributed by atoms with van der Waals surface area (Å²) in [7, 11) is 0. The molecule has 0 spiro atoms. The maximum absolute atomic E-state index is 11.0. The van der Waals surface area contributed by atoms with Gasteiger partial charge >= 0.3 is 5.97 Å². The number of nitrogens with one attached hydrogen (secondary N) is 1.